The molecule has 0 aromatic heterocycles. The van der Waals surface area contributed by atoms with Crippen LogP contribution in [0.3, 0.4) is 0 Å². The highest BCUT2D eigenvalue weighted by Gasteiger charge is 2.32. The van der Waals surface area contributed by atoms with E-state index in [1.54, 1.807) is 42.0 Å². The van der Waals surface area contributed by atoms with Gasteiger partial charge in [-0.05, 0) is 24.3 Å². The first-order chi connectivity index (χ1) is 11.6. The van der Waals surface area contributed by atoms with Crippen LogP contribution in [0.1, 0.15) is 10.9 Å². The molecule has 3 rings (SSSR count). The fraction of sp³-hybridized carbons (Fsp3) is 0.235. The summed E-state index contributed by atoms with van der Waals surface area (Å²) >= 11 is 14.0. The Morgan fingerprint density at radius 2 is 2.12 bits per heavy atom. The number of methoxy groups -OCH3 is 1. The molecule has 1 N–H and O–H groups in total. The number of nitrogens with zero attached hydrogens (tertiary/aromatic N) is 1. The third-order valence-electron chi connectivity index (χ3n) is 3.70. The van der Waals surface area contributed by atoms with Crippen molar-refractivity contribution in [3.05, 3.63) is 58.1 Å². The average molecular weight is 383 g/mol. The molecule has 1 aliphatic rings. The van der Waals surface area contributed by atoms with Gasteiger partial charge in [-0.1, -0.05) is 35.3 Å². The van der Waals surface area contributed by atoms with Gasteiger partial charge in [0.05, 0.1) is 7.11 Å². The van der Waals surface area contributed by atoms with Crippen LogP contribution in [0.2, 0.25) is 10.0 Å². The molecule has 1 atom stereocenters. The summed E-state index contributed by atoms with van der Waals surface area (Å²) in [4.78, 5) is 14.4. The molecule has 2 amide bonds. The molecule has 2 aromatic rings. The summed E-state index contributed by atoms with van der Waals surface area (Å²) < 4.78 is 5.18. The maximum atomic E-state index is 12.7. The molecule has 24 heavy (non-hydrogen) atoms. The second kappa shape index (κ2) is 7.55. The van der Waals surface area contributed by atoms with Crippen molar-refractivity contribution in [1.82, 2.24) is 4.90 Å². The molecule has 0 saturated carbocycles. The molecule has 126 valence electrons. The van der Waals surface area contributed by atoms with Crippen molar-refractivity contribution in [2.75, 3.05) is 24.7 Å². The molecule has 0 aliphatic carbocycles. The van der Waals surface area contributed by atoms with Gasteiger partial charge < -0.3 is 15.0 Å². The van der Waals surface area contributed by atoms with Crippen LogP contribution in [0.25, 0.3) is 0 Å². The number of ether oxygens (including phenoxy) is 1. The summed E-state index contributed by atoms with van der Waals surface area (Å²) in [6.45, 7) is 0.657. The van der Waals surface area contributed by atoms with E-state index in [2.05, 4.69) is 5.32 Å². The average Bonchev–Trinajstić information content (AvgIpc) is 3.04. The Balaban J connectivity index is 1.78. The van der Waals surface area contributed by atoms with E-state index in [4.69, 9.17) is 27.9 Å². The number of hydrogen-bond donors (Lipinski definition) is 1. The Bertz CT molecular complexity index is 757. The number of thioether (sulfide) groups is 1. The lowest BCUT2D eigenvalue weighted by molar-refractivity contribution is 0.214. The van der Waals surface area contributed by atoms with Crippen molar-refractivity contribution in [3.8, 4) is 5.75 Å². The van der Waals surface area contributed by atoms with Crippen LogP contribution < -0.4 is 10.1 Å². The second-order valence-electron chi connectivity index (χ2n) is 5.24. The number of halogens is 2. The maximum absolute atomic E-state index is 12.7. The third-order valence-corrected chi connectivity index (χ3v) is 5.51. The molecule has 0 spiro atoms. The molecule has 1 saturated heterocycles. The molecule has 1 heterocycles. The SMILES string of the molecule is COc1cccc(NC(=O)N2CCSC2c2ccc(Cl)cc2Cl)c1. The predicted octanol–water partition coefficient (Wildman–Crippen LogP) is 5.28. The Kier molecular flexibility index (Phi) is 5.43. The van der Waals surface area contributed by atoms with Gasteiger partial charge >= 0.3 is 6.03 Å². The third kappa shape index (κ3) is 3.74. The number of carbonyl (C=O) groups excluding carboxylic acids is 1. The van der Waals surface area contributed by atoms with Gasteiger partial charge in [-0.25, -0.2) is 4.79 Å². The number of benzene rings is 2. The maximum Gasteiger partial charge on any atom is 0.323 e. The van der Waals surface area contributed by atoms with Gasteiger partial charge in [0.2, 0.25) is 0 Å². The monoisotopic (exact) mass is 382 g/mol. The van der Waals surface area contributed by atoms with Crippen LogP contribution in [0, 0.1) is 0 Å². The number of urea groups is 1. The molecule has 1 unspecified atom stereocenters. The fourth-order valence-electron chi connectivity index (χ4n) is 2.53. The number of carbonyl (C=O) groups is 1. The molecular weight excluding hydrogens is 367 g/mol. The summed E-state index contributed by atoms with van der Waals surface area (Å²) in [5, 5.41) is 3.94. The molecule has 0 radical (unpaired) electrons. The Labute approximate surface area is 155 Å². The largest absolute Gasteiger partial charge is 0.497 e. The van der Waals surface area contributed by atoms with Gasteiger partial charge in [-0.2, -0.15) is 0 Å². The summed E-state index contributed by atoms with van der Waals surface area (Å²) in [7, 11) is 1.59. The van der Waals surface area contributed by atoms with Crippen LogP contribution in [-0.2, 0) is 0 Å². The van der Waals surface area contributed by atoms with Crippen molar-refractivity contribution < 1.29 is 9.53 Å². The minimum atomic E-state index is -0.163. The Morgan fingerprint density at radius 1 is 1.29 bits per heavy atom. The lowest BCUT2D eigenvalue weighted by atomic mass is 10.2. The summed E-state index contributed by atoms with van der Waals surface area (Å²) in [6.07, 6.45) is 0. The molecule has 1 fully saturated rings. The zero-order valence-corrected chi connectivity index (χ0v) is 15.3. The van der Waals surface area contributed by atoms with Crippen LogP contribution in [-0.4, -0.2) is 30.3 Å². The predicted molar refractivity (Wildman–Crippen MR) is 100 cm³/mol. The number of amides is 2. The van der Waals surface area contributed by atoms with Gasteiger partial charge in [0, 0.05) is 39.7 Å². The molecule has 4 nitrogen and oxygen atoms in total. The van der Waals surface area contributed by atoms with Crippen LogP contribution >= 0.6 is 35.0 Å². The van der Waals surface area contributed by atoms with Gasteiger partial charge in [0.25, 0.3) is 0 Å². The Hall–Kier alpha value is -1.56. The number of rotatable bonds is 3. The van der Waals surface area contributed by atoms with Gasteiger partial charge in [-0.3, -0.25) is 0 Å². The molecular formula is C17H16Cl2N2O2S. The first-order valence-electron chi connectivity index (χ1n) is 7.36. The van der Waals surface area contributed by atoms with E-state index >= 15 is 0 Å². The second-order valence-corrected chi connectivity index (χ2v) is 7.28. The highest BCUT2D eigenvalue weighted by molar-refractivity contribution is 7.99. The van der Waals surface area contributed by atoms with E-state index in [0.29, 0.717) is 28.0 Å². The zero-order chi connectivity index (χ0) is 17.1. The number of hydrogen-bond acceptors (Lipinski definition) is 3. The normalized spacial score (nSPS) is 17.0. The van der Waals surface area contributed by atoms with Crippen molar-refractivity contribution in [1.29, 1.82) is 0 Å². The van der Waals surface area contributed by atoms with E-state index in [-0.39, 0.29) is 11.4 Å². The summed E-state index contributed by atoms with van der Waals surface area (Å²) in [5.41, 5.74) is 1.58. The van der Waals surface area contributed by atoms with E-state index < -0.39 is 0 Å². The molecule has 7 heteroatoms. The lowest BCUT2D eigenvalue weighted by Gasteiger charge is -2.25. The summed E-state index contributed by atoms with van der Waals surface area (Å²) in [6, 6.07) is 12.5. The van der Waals surface area contributed by atoms with Crippen molar-refractivity contribution >= 4 is 46.7 Å². The van der Waals surface area contributed by atoms with E-state index in [1.807, 2.05) is 24.3 Å². The molecule has 1 aliphatic heterocycles. The lowest BCUT2D eigenvalue weighted by Crippen LogP contribution is -2.34. The highest BCUT2D eigenvalue weighted by atomic mass is 35.5. The summed E-state index contributed by atoms with van der Waals surface area (Å²) in [5.74, 6) is 1.55. The molecule has 0 bridgehead atoms. The minimum absolute atomic E-state index is 0.125. The minimum Gasteiger partial charge on any atom is -0.497 e. The highest BCUT2D eigenvalue weighted by Crippen LogP contribution is 2.41. The van der Waals surface area contributed by atoms with Gasteiger partial charge in [0.15, 0.2) is 0 Å². The van der Waals surface area contributed by atoms with Crippen molar-refractivity contribution in [2.24, 2.45) is 0 Å². The first kappa shape index (κ1) is 17.3. The van der Waals surface area contributed by atoms with Crippen LogP contribution in [0.4, 0.5) is 10.5 Å². The zero-order valence-electron chi connectivity index (χ0n) is 13.0. The first-order valence-corrected chi connectivity index (χ1v) is 9.17. The van der Waals surface area contributed by atoms with Gasteiger partial charge in [0.1, 0.15) is 11.1 Å². The van der Waals surface area contributed by atoms with Crippen molar-refractivity contribution in [3.63, 3.8) is 0 Å². The van der Waals surface area contributed by atoms with Crippen molar-refractivity contribution in [2.45, 2.75) is 5.37 Å². The quantitative estimate of drug-likeness (QED) is 0.784. The topological polar surface area (TPSA) is 41.6 Å². The fourth-order valence-corrected chi connectivity index (χ4v) is 4.40. The van der Waals surface area contributed by atoms with Crippen LogP contribution in [0.5, 0.6) is 5.75 Å². The van der Waals surface area contributed by atoms with E-state index in [0.717, 1.165) is 11.3 Å². The number of anilines is 1. The van der Waals surface area contributed by atoms with E-state index in [1.165, 1.54) is 0 Å². The van der Waals surface area contributed by atoms with Crippen LogP contribution in [0.15, 0.2) is 42.5 Å². The number of nitrogens with one attached hydrogen (secondary N) is 1. The standard InChI is InChI=1S/C17H16Cl2N2O2S/c1-23-13-4-2-3-12(10-13)20-17(22)21-7-8-24-16(21)14-6-5-11(18)9-15(14)19/h2-6,9-10,16H,7-8H2,1H3,(H,20,22). The Morgan fingerprint density at radius 3 is 2.88 bits per heavy atom. The van der Waals surface area contributed by atoms with E-state index in [9.17, 15) is 4.79 Å². The van der Waals surface area contributed by atoms with Gasteiger partial charge in [-0.15, -0.1) is 11.8 Å². The molecule has 2 aromatic carbocycles. The smallest absolute Gasteiger partial charge is 0.323 e.